The van der Waals surface area contributed by atoms with Crippen molar-refractivity contribution in [2.45, 2.75) is 38.0 Å². The zero-order valence-electron chi connectivity index (χ0n) is 11.7. The summed E-state index contributed by atoms with van der Waals surface area (Å²) >= 11 is 0. The lowest BCUT2D eigenvalue weighted by Crippen LogP contribution is -2.28. The van der Waals surface area contributed by atoms with Crippen molar-refractivity contribution in [1.82, 2.24) is 5.32 Å². The molecule has 0 bridgehead atoms. The second-order valence-corrected chi connectivity index (χ2v) is 5.50. The fraction of sp³-hybridized carbons (Fsp3) is 0.533. The van der Waals surface area contributed by atoms with Gasteiger partial charge in [0.2, 0.25) is 5.91 Å². The van der Waals surface area contributed by atoms with Crippen LogP contribution in [-0.4, -0.2) is 23.7 Å². The molecule has 1 aromatic rings. The van der Waals surface area contributed by atoms with Crippen LogP contribution in [-0.2, 0) is 11.0 Å². The van der Waals surface area contributed by atoms with Gasteiger partial charge < -0.3 is 10.4 Å². The van der Waals surface area contributed by atoms with Crippen molar-refractivity contribution >= 4 is 5.91 Å². The van der Waals surface area contributed by atoms with E-state index in [1.54, 1.807) is 6.92 Å². The van der Waals surface area contributed by atoms with E-state index in [2.05, 4.69) is 5.32 Å². The fourth-order valence-electron chi connectivity index (χ4n) is 2.31. The smallest absolute Gasteiger partial charge is 0.393 e. The van der Waals surface area contributed by atoms with Gasteiger partial charge in [0.15, 0.2) is 0 Å². The Balaban J connectivity index is 1.87. The average Bonchev–Trinajstić information content (AvgIpc) is 3.17. The fourth-order valence-corrected chi connectivity index (χ4v) is 2.31. The van der Waals surface area contributed by atoms with Gasteiger partial charge in [-0.2, -0.15) is 13.2 Å². The Hall–Kier alpha value is -1.56. The summed E-state index contributed by atoms with van der Waals surface area (Å²) < 4.78 is 37.4. The van der Waals surface area contributed by atoms with Gasteiger partial charge in [0.05, 0.1) is 11.7 Å². The van der Waals surface area contributed by atoms with Crippen molar-refractivity contribution in [3.63, 3.8) is 0 Å². The molecule has 1 aromatic carbocycles. The maximum atomic E-state index is 12.5. The van der Waals surface area contributed by atoms with Gasteiger partial charge in [0.25, 0.3) is 0 Å². The van der Waals surface area contributed by atoms with Gasteiger partial charge in [-0.05, 0) is 43.4 Å². The third-order valence-electron chi connectivity index (χ3n) is 3.65. The molecule has 0 heterocycles. The van der Waals surface area contributed by atoms with Gasteiger partial charge in [-0.15, -0.1) is 0 Å². The third kappa shape index (κ3) is 4.20. The lowest BCUT2D eigenvalue weighted by Gasteiger charge is -2.08. The summed E-state index contributed by atoms with van der Waals surface area (Å²) in [6.45, 7) is 2.06. The normalized spacial score (nSPS) is 22.7. The Morgan fingerprint density at radius 2 is 2.00 bits per heavy atom. The van der Waals surface area contributed by atoms with Crippen LogP contribution < -0.4 is 5.32 Å². The van der Waals surface area contributed by atoms with Crippen molar-refractivity contribution in [1.29, 1.82) is 0 Å². The highest BCUT2D eigenvalue weighted by Gasteiger charge is 2.44. The molecule has 0 aliphatic heterocycles. The predicted molar refractivity (Wildman–Crippen MR) is 71.6 cm³/mol. The van der Waals surface area contributed by atoms with E-state index < -0.39 is 17.8 Å². The SMILES string of the molecule is CC(O)CCNC(=O)C1CC1c1ccc(C(F)(F)F)cc1. The molecule has 0 saturated heterocycles. The molecule has 0 aromatic heterocycles. The summed E-state index contributed by atoms with van der Waals surface area (Å²) in [5, 5.41) is 11.8. The molecule has 3 atom stereocenters. The van der Waals surface area contributed by atoms with E-state index >= 15 is 0 Å². The standard InChI is InChI=1S/C15H18F3NO2/c1-9(20)6-7-19-14(21)13-8-12(13)10-2-4-11(5-3-10)15(16,17)18/h2-5,9,12-13,20H,6-8H2,1H3,(H,19,21). The van der Waals surface area contributed by atoms with E-state index in [1.807, 2.05) is 0 Å². The number of benzene rings is 1. The molecule has 21 heavy (non-hydrogen) atoms. The first-order chi connectivity index (χ1) is 9.79. The molecule has 3 nitrogen and oxygen atoms in total. The highest BCUT2D eigenvalue weighted by molar-refractivity contribution is 5.82. The molecule has 6 heteroatoms. The lowest BCUT2D eigenvalue weighted by molar-refractivity contribution is -0.137. The van der Waals surface area contributed by atoms with Crippen LogP contribution in [0, 0.1) is 5.92 Å². The maximum Gasteiger partial charge on any atom is 0.416 e. The van der Waals surface area contributed by atoms with Crippen LogP contribution in [0.3, 0.4) is 0 Å². The molecular formula is C15H18F3NO2. The second-order valence-electron chi connectivity index (χ2n) is 5.50. The number of carbonyl (C=O) groups excluding carboxylic acids is 1. The molecule has 1 aliphatic rings. The number of rotatable bonds is 5. The maximum absolute atomic E-state index is 12.5. The van der Waals surface area contributed by atoms with Crippen LogP contribution in [0.5, 0.6) is 0 Å². The van der Waals surface area contributed by atoms with Crippen LogP contribution in [0.25, 0.3) is 0 Å². The van der Waals surface area contributed by atoms with Crippen LogP contribution in [0.1, 0.15) is 36.8 Å². The van der Waals surface area contributed by atoms with Crippen molar-refractivity contribution < 1.29 is 23.1 Å². The topological polar surface area (TPSA) is 49.3 Å². The predicted octanol–water partition coefficient (Wildman–Crippen LogP) is 2.70. The first-order valence-electron chi connectivity index (χ1n) is 6.92. The molecule has 1 amide bonds. The summed E-state index contributed by atoms with van der Waals surface area (Å²) in [6.07, 6.45) is -3.65. The molecule has 2 N–H and O–H groups in total. The number of aliphatic hydroxyl groups is 1. The van der Waals surface area contributed by atoms with Gasteiger partial charge in [-0.25, -0.2) is 0 Å². The summed E-state index contributed by atoms with van der Waals surface area (Å²) in [6, 6.07) is 4.99. The number of aliphatic hydroxyl groups excluding tert-OH is 1. The Morgan fingerprint density at radius 3 is 2.52 bits per heavy atom. The Morgan fingerprint density at radius 1 is 1.38 bits per heavy atom. The zero-order chi connectivity index (χ0) is 15.6. The Bertz CT molecular complexity index is 497. The number of nitrogens with one attached hydrogen (secondary N) is 1. The van der Waals surface area contributed by atoms with E-state index in [1.165, 1.54) is 12.1 Å². The molecular weight excluding hydrogens is 283 g/mol. The van der Waals surface area contributed by atoms with Crippen LogP contribution in [0.2, 0.25) is 0 Å². The molecule has 1 fully saturated rings. The Labute approximate surface area is 121 Å². The minimum Gasteiger partial charge on any atom is -0.393 e. The summed E-state index contributed by atoms with van der Waals surface area (Å²) in [5.74, 6) is -0.268. The van der Waals surface area contributed by atoms with Crippen LogP contribution >= 0.6 is 0 Å². The monoisotopic (exact) mass is 301 g/mol. The number of alkyl halides is 3. The lowest BCUT2D eigenvalue weighted by atomic mass is 10.1. The van der Waals surface area contributed by atoms with Gasteiger partial charge in [-0.1, -0.05) is 12.1 Å². The van der Waals surface area contributed by atoms with Crippen LogP contribution in [0.4, 0.5) is 13.2 Å². The first kappa shape index (κ1) is 15.8. The van der Waals surface area contributed by atoms with Gasteiger partial charge >= 0.3 is 6.18 Å². The van der Waals surface area contributed by atoms with E-state index in [-0.39, 0.29) is 17.7 Å². The van der Waals surface area contributed by atoms with Gasteiger partial charge in [0, 0.05) is 12.5 Å². The average molecular weight is 301 g/mol. The molecule has 0 radical (unpaired) electrons. The quantitative estimate of drug-likeness (QED) is 0.878. The zero-order valence-corrected chi connectivity index (χ0v) is 11.7. The highest BCUT2D eigenvalue weighted by Crippen LogP contribution is 2.47. The molecule has 3 unspecified atom stereocenters. The third-order valence-corrected chi connectivity index (χ3v) is 3.65. The number of carbonyl (C=O) groups is 1. The van der Waals surface area contributed by atoms with Crippen molar-refractivity contribution in [2.24, 2.45) is 5.92 Å². The number of hydrogen-bond acceptors (Lipinski definition) is 2. The summed E-state index contributed by atoms with van der Waals surface area (Å²) in [4.78, 5) is 11.8. The second kappa shape index (κ2) is 6.05. The molecule has 1 aliphatic carbocycles. The molecule has 0 spiro atoms. The largest absolute Gasteiger partial charge is 0.416 e. The van der Waals surface area contributed by atoms with E-state index in [0.717, 1.165) is 17.7 Å². The first-order valence-corrected chi connectivity index (χ1v) is 6.92. The van der Waals surface area contributed by atoms with Crippen molar-refractivity contribution in [2.75, 3.05) is 6.54 Å². The van der Waals surface area contributed by atoms with Crippen molar-refractivity contribution in [3.8, 4) is 0 Å². The highest BCUT2D eigenvalue weighted by atomic mass is 19.4. The van der Waals surface area contributed by atoms with Crippen LogP contribution in [0.15, 0.2) is 24.3 Å². The number of hydrogen-bond donors (Lipinski definition) is 2. The van der Waals surface area contributed by atoms with E-state index in [0.29, 0.717) is 19.4 Å². The minimum atomic E-state index is -4.33. The summed E-state index contributed by atoms with van der Waals surface area (Å²) in [5.41, 5.74) is 0.0866. The molecule has 2 rings (SSSR count). The molecule has 1 saturated carbocycles. The minimum absolute atomic E-state index is 0.00108. The van der Waals surface area contributed by atoms with Crippen molar-refractivity contribution in [3.05, 3.63) is 35.4 Å². The van der Waals surface area contributed by atoms with Gasteiger partial charge in [0.1, 0.15) is 0 Å². The number of amides is 1. The van der Waals surface area contributed by atoms with E-state index in [4.69, 9.17) is 5.11 Å². The molecule has 116 valence electrons. The summed E-state index contributed by atoms with van der Waals surface area (Å²) in [7, 11) is 0. The Kier molecular flexibility index (Phi) is 4.56. The van der Waals surface area contributed by atoms with E-state index in [9.17, 15) is 18.0 Å². The number of halogens is 3. The van der Waals surface area contributed by atoms with Gasteiger partial charge in [-0.3, -0.25) is 4.79 Å².